The van der Waals surface area contributed by atoms with Gasteiger partial charge in [0.2, 0.25) is 0 Å². The normalized spacial score (nSPS) is 26.2. The second-order valence-electron chi connectivity index (χ2n) is 15.6. The van der Waals surface area contributed by atoms with Crippen molar-refractivity contribution in [3.05, 3.63) is 87.6 Å². The summed E-state index contributed by atoms with van der Waals surface area (Å²) in [6, 6.07) is 3.69. The zero-order chi connectivity index (χ0) is 36.9. The Bertz CT molecular complexity index is 1650. The van der Waals surface area contributed by atoms with Crippen molar-refractivity contribution >= 4 is 23.1 Å². The summed E-state index contributed by atoms with van der Waals surface area (Å²) in [5.41, 5.74) is 1.11. The number of ketones is 3. The van der Waals surface area contributed by atoms with Crippen molar-refractivity contribution in [2.24, 2.45) is 22.2 Å². The minimum atomic E-state index is -1.63. The van der Waals surface area contributed by atoms with E-state index in [0.29, 0.717) is 19.3 Å². The maximum Gasteiger partial charge on any atom is 0.184 e. The Morgan fingerprint density at radius 2 is 1.33 bits per heavy atom. The number of rotatable bonds is 13. The summed E-state index contributed by atoms with van der Waals surface area (Å²) in [5.74, 6) is -3.33. The van der Waals surface area contributed by atoms with Gasteiger partial charge in [0.1, 0.15) is 16.7 Å². The van der Waals surface area contributed by atoms with E-state index < -0.39 is 50.6 Å². The predicted octanol–water partition coefficient (Wildman–Crippen LogP) is 10.6. The van der Waals surface area contributed by atoms with Crippen LogP contribution in [-0.4, -0.2) is 32.7 Å². The molecule has 6 nitrogen and oxygen atoms in total. The molecular formula is C43H58O6. The largest absolute Gasteiger partial charge is 0.506 e. The maximum atomic E-state index is 15.4. The number of aliphatic hydroxyl groups excluding tert-OH is 1. The van der Waals surface area contributed by atoms with Crippen molar-refractivity contribution in [1.82, 2.24) is 0 Å². The van der Waals surface area contributed by atoms with Crippen LogP contribution in [0.25, 0.3) is 5.76 Å². The van der Waals surface area contributed by atoms with Gasteiger partial charge in [-0.1, -0.05) is 65.2 Å². The molecule has 2 aliphatic carbocycles. The highest BCUT2D eigenvalue weighted by atomic mass is 16.3. The number of benzene rings is 1. The molecule has 0 spiro atoms. The van der Waals surface area contributed by atoms with Gasteiger partial charge >= 0.3 is 0 Å². The topological polar surface area (TPSA) is 112 Å². The van der Waals surface area contributed by atoms with Crippen LogP contribution in [0, 0.1) is 22.2 Å². The molecule has 266 valence electrons. The van der Waals surface area contributed by atoms with E-state index in [1.807, 2.05) is 53.7 Å². The summed E-state index contributed by atoms with van der Waals surface area (Å²) in [6.07, 6.45) is 14.6. The maximum absolute atomic E-state index is 15.4. The molecule has 0 aliphatic heterocycles. The number of carbonyl (C=O) groups is 3. The molecule has 4 atom stereocenters. The Kier molecular flexibility index (Phi) is 12.7. The van der Waals surface area contributed by atoms with Gasteiger partial charge in [-0.2, -0.15) is 0 Å². The fourth-order valence-corrected chi connectivity index (χ4v) is 7.78. The standard InChI is InChI=1S/C43H58O6/c1-27(2)13-11-15-31(9)16-18-33-26-42(23-20-29(5)6)38(47)36(37(46)32-17-19-34(44)35(45)25-32)39(48)43(40(42)49,24-21-30(7)8)41(33,10)22-12-14-28(3)4/h13-14,16-17,19-21,25,33,44-46H,11-12,15,18,22-24,26H2,1-10H3/t33-,41+,42-,43+/m0/s1. The summed E-state index contributed by atoms with van der Waals surface area (Å²) in [6.45, 7) is 20.1. The van der Waals surface area contributed by atoms with Crippen LogP contribution in [0.2, 0.25) is 0 Å². The SMILES string of the molecule is CC(C)=CCCC(C)=CC[C@H]1C[C@@]2(CC=C(C)C)C(=O)C(=C(O)c3ccc(O)c(O)c3)C(=O)[C@](CC=C(C)C)(C2=O)[C@]1(C)CCC=C(C)C. The van der Waals surface area contributed by atoms with Gasteiger partial charge in [0, 0.05) is 5.56 Å². The first kappa shape index (κ1) is 39.5. The number of hydrogen-bond acceptors (Lipinski definition) is 6. The molecule has 1 aromatic carbocycles. The van der Waals surface area contributed by atoms with Gasteiger partial charge in [0.15, 0.2) is 28.8 Å². The van der Waals surface area contributed by atoms with E-state index in [-0.39, 0.29) is 36.5 Å². The lowest BCUT2D eigenvalue weighted by Gasteiger charge is -2.61. The van der Waals surface area contributed by atoms with Crippen LogP contribution < -0.4 is 0 Å². The van der Waals surface area contributed by atoms with Crippen molar-refractivity contribution in [1.29, 1.82) is 0 Å². The van der Waals surface area contributed by atoms with E-state index in [4.69, 9.17) is 0 Å². The molecule has 3 rings (SSSR count). The third kappa shape index (κ3) is 7.95. The summed E-state index contributed by atoms with van der Waals surface area (Å²) in [7, 11) is 0. The van der Waals surface area contributed by atoms with Gasteiger partial charge in [-0.25, -0.2) is 0 Å². The summed E-state index contributed by atoms with van der Waals surface area (Å²) in [5, 5.41) is 32.0. The van der Waals surface area contributed by atoms with Crippen LogP contribution in [0.3, 0.4) is 0 Å². The highest BCUT2D eigenvalue weighted by Crippen LogP contribution is 2.67. The lowest BCUT2D eigenvalue weighted by molar-refractivity contribution is -0.178. The van der Waals surface area contributed by atoms with Crippen molar-refractivity contribution in [2.45, 2.75) is 121 Å². The third-order valence-corrected chi connectivity index (χ3v) is 10.8. The van der Waals surface area contributed by atoms with Gasteiger partial charge in [0.05, 0.1) is 5.41 Å². The van der Waals surface area contributed by atoms with E-state index >= 15 is 9.59 Å². The number of hydrogen-bond donors (Lipinski definition) is 3. The first-order chi connectivity index (χ1) is 22.8. The van der Waals surface area contributed by atoms with E-state index in [9.17, 15) is 20.1 Å². The van der Waals surface area contributed by atoms with E-state index in [1.54, 1.807) is 0 Å². The van der Waals surface area contributed by atoms with Gasteiger partial charge in [-0.3, -0.25) is 14.4 Å². The first-order valence-corrected chi connectivity index (χ1v) is 17.6. The van der Waals surface area contributed by atoms with E-state index in [2.05, 4.69) is 45.9 Å². The number of Topliss-reactive ketones (excluding diaryl/α,β-unsaturated/α-hetero) is 3. The number of aliphatic hydroxyl groups is 1. The molecule has 49 heavy (non-hydrogen) atoms. The fourth-order valence-electron chi connectivity index (χ4n) is 7.78. The minimum Gasteiger partial charge on any atom is -0.506 e. The lowest BCUT2D eigenvalue weighted by atomic mass is 9.37. The molecule has 2 saturated carbocycles. The number of phenolic OH excluding ortho intramolecular Hbond substituents is 2. The number of carbonyl (C=O) groups excluding carboxylic acids is 3. The smallest absolute Gasteiger partial charge is 0.184 e. The molecule has 3 N–H and O–H groups in total. The van der Waals surface area contributed by atoms with Crippen molar-refractivity contribution in [3.63, 3.8) is 0 Å². The van der Waals surface area contributed by atoms with Crippen LogP contribution in [-0.2, 0) is 14.4 Å². The molecule has 0 unspecified atom stereocenters. The summed E-state index contributed by atoms with van der Waals surface area (Å²) in [4.78, 5) is 45.6. The van der Waals surface area contributed by atoms with E-state index in [0.717, 1.165) is 35.6 Å². The summed E-state index contributed by atoms with van der Waals surface area (Å²) >= 11 is 0. The Morgan fingerprint density at radius 3 is 1.90 bits per heavy atom. The van der Waals surface area contributed by atoms with Crippen LogP contribution in [0.5, 0.6) is 11.5 Å². The second kappa shape index (κ2) is 15.7. The monoisotopic (exact) mass is 670 g/mol. The Labute approximate surface area is 294 Å². The second-order valence-corrected chi connectivity index (χ2v) is 15.6. The third-order valence-electron chi connectivity index (χ3n) is 10.8. The Balaban J connectivity index is 2.44. The highest BCUT2D eigenvalue weighted by Gasteiger charge is 2.74. The van der Waals surface area contributed by atoms with Gasteiger partial charge in [0.25, 0.3) is 0 Å². The molecule has 0 amide bonds. The van der Waals surface area contributed by atoms with E-state index in [1.165, 1.54) is 23.3 Å². The number of allylic oxidation sites excluding steroid dienone is 11. The molecule has 1 aromatic rings. The average molecular weight is 671 g/mol. The highest BCUT2D eigenvalue weighted by molar-refractivity contribution is 6.41. The zero-order valence-electron chi connectivity index (χ0n) is 31.4. The quantitative estimate of drug-likeness (QED) is 0.0481. The molecule has 2 bridgehead atoms. The van der Waals surface area contributed by atoms with Gasteiger partial charge in [-0.15, -0.1) is 0 Å². The molecule has 2 fully saturated rings. The summed E-state index contributed by atoms with van der Waals surface area (Å²) < 4.78 is 0. The van der Waals surface area contributed by atoms with Crippen LogP contribution in [0.1, 0.15) is 126 Å². The lowest BCUT2D eigenvalue weighted by Crippen LogP contribution is -2.70. The number of aromatic hydroxyl groups is 2. The predicted molar refractivity (Wildman–Crippen MR) is 199 cm³/mol. The number of phenols is 2. The molecule has 0 saturated heterocycles. The molecule has 2 aliphatic rings. The van der Waals surface area contributed by atoms with Gasteiger partial charge in [-0.05, 0) is 143 Å². The fraction of sp³-hybridized carbons (Fsp3) is 0.512. The molecule has 0 radical (unpaired) electrons. The minimum absolute atomic E-state index is 0.0202. The van der Waals surface area contributed by atoms with Crippen LogP contribution in [0.15, 0.2) is 82.0 Å². The molecule has 0 heterocycles. The molecule has 6 heteroatoms. The average Bonchev–Trinajstić information content (AvgIpc) is 3.00. The Hall–Kier alpha value is -3.93. The number of fused-ring (bicyclic) bond motifs is 2. The first-order valence-electron chi connectivity index (χ1n) is 17.6. The van der Waals surface area contributed by atoms with Crippen molar-refractivity contribution in [2.75, 3.05) is 0 Å². The van der Waals surface area contributed by atoms with Crippen molar-refractivity contribution < 1.29 is 29.7 Å². The Morgan fingerprint density at radius 1 is 0.755 bits per heavy atom. The molecule has 0 aromatic heterocycles. The van der Waals surface area contributed by atoms with Gasteiger partial charge < -0.3 is 15.3 Å². The van der Waals surface area contributed by atoms with Crippen LogP contribution in [0.4, 0.5) is 0 Å². The molecular weight excluding hydrogens is 612 g/mol. The zero-order valence-corrected chi connectivity index (χ0v) is 31.4. The van der Waals surface area contributed by atoms with Crippen LogP contribution >= 0.6 is 0 Å². The van der Waals surface area contributed by atoms with Crippen molar-refractivity contribution in [3.8, 4) is 11.5 Å².